The lowest BCUT2D eigenvalue weighted by molar-refractivity contribution is 0.506. The summed E-state index contributed by atoms with van der Waals surface area (Å²) >= 11 is 0. The van der Waals surface area contributed by atoms with Crippen molar-refractivity contribution in [1.29, 1.82) is 0 Å². The van der Waals surface area contributed by atoms with E-state index in [1.807, 2.05) is 5.57 Å². The molecule has 2 saturated carbocycles. The average Bonchev–Trinajstić information content (AvgIpc) is 3.18. The number of hydrogen-bond donors (Lipinski definition) is 0. The minimum atomic E-state index is 0.798. The van der Waals surface area contributed by atoms with Crippen LogP contribution in [0.1, 0.15) is 30.4 Å². The van der Waals surface area contributed by atoms with E-state index in [9.17, 15) is 0 Å². The molecule has 1 heteroatoms. The number of allylic oxidation sites excluding steroid dienone is 2. The zero-order valence-electron chi connectivity index (χ0n) is 10.8. The Morgan fingerprint density at radius 3 is 3.00 bits per heavy atom. The van der Waals surface area contributed by atoms with Gasteiger partial charge in [-0.05, 0) is 61.0 Å². The second kappa shape index (κ2) is 3.07. The molecule has 0 nitrogen and oxygen atoms in total. The quantitative estimate of drug-likeness (QED) is 0.543. The number of aryl methyl sites for hydroxylation is 2. The van der Waals surface area contributed by atoms with E-state index in [1.54, 1.807) is 5.56 Å². The Kier molecular flexibility index (Phi) is 1.81. The molecule has 3 aliphatic rings. The van der Waals surface area contributed by atoms with Crippen LogP contribution in [0.5, 0.6) is 0 Å². The summed E-state index contributed by atoms with van der Waals surface area (Å²) in [6.45, 7) is 2.25. The monoisotopic (exact) mass is 222 g/mol. The van der Waals surface area contributed by atoms with Gasteiger partial charge in [-0.3, -0.25) is 0 Å². The molecular weight excluding hydrogens is 203 g/mol. The number of benzene rings is 1. The third kappa shape index (κ3) is 1.38. The average molecular weight is 222 g/mol. The van der Waals surface area contributed by atoms with Gasteiger partial charge >= 0.3 is 0 Å². The molecule has 0 radical (unpaired) electrons. The second-order valence-corrected chi connectivity index (χ2v) is 6.47. The molecule has 0 aromatic heterocycles. The van der Waals surface area contributed by atoms with Crippen molar-refractivity contribution in [2.24, 2.45) is 17.3 Å². The number of hydrogen-bond acceptors (Lipinski definition) is 0. The Morgan fingerprint density at radius 1 is 1.41 bits per heavy atom. The van der Waals surface area contributed by atoms with Crippen molar-refractivity contribution < 1.29 is 0 Å². The molecule has 0 amide bonds. The predicted molar refractivity (Wildman–Crippen MR) is 74.4 cm³/mol. The van der Waals surface area contributed by atoms with Gasteiger partial charge in [0.05, 0.1) is 0 Å². The fraction of sp³-hybridized carbons (Fsp3) is 0.500. The third-order valence-electron chi connectivity index (χ3n) is 5.34. The first-order valence-electron chi connectivity index (χ1n) is 6.96. The van der Waals surface area contributed by atoms with Gasteiger partial charge in [0.15, 0.2) is 0 Å². The van der Waals surface area contributed by atoms with E-state index in [1.165, 1.54) is 36.7 Å². The summed E-state index contributed by atoms with van der Waals surface area (Å²) in [6.07, 6.45) is 8.24. The Bertz CT molecular complexity index is 528. The van der Waals surface area contributed by atoms with Crippen LogP contribution in [0.15, 0.2) is 29.8 Å². The minimum absolute atomic E-state index is 0.798. The van der Waals surface area contributed by atoms with Crippen LogP contribution >= 0.6 is 0 Å². The molecule has 0 heterocycles. The lowest BCUT2D eigenvalue weighted by atomic mass is 9.88. The van der Waals surface area contributed by atoms with E-state index in [0.29, 0.717) is 0 Å². The topological polar surface area (TPSA) is 0 Å². The van der Waals surface area contributed by atoms with E-state index in [2.05, 4.69) is 39.0 Å². The van der Waals surface area contributed by atoms with Crippen molar-refractivity contribution in [3.05, 3.63) is 41.0 Å². The highest BCUT2D eigenvalue weighted by molar-refractivity contribution is 6.32. The first kappa shape index (κ1) is 9.99. The van der Waals surface area contributed by atoms with Crippen LogP contribution in [-0.2, 0) is 6.42 Å². The summed E-state index contributed by atoms with van der Waals surface area (Å²) in [6, 6.07) is 6.87. The highest BCUT2D eigenvalue weighted by atomic mass is 14.8. The fourth-order valence-electron chi connectivity index (χ4n) is 4.04. The van der Waals surface area contributed by atoms with E-state index < -0.39 is 0 Å². The van der Waals surface area contributed by atoms with Crippen molar-refractivity contribution in [2.45, 2.75) is 32.6 Å². The lowest BCUT2D eigenvalue weighted by Crippen LogP contribution is -2.07. The maximum Gasteiger partial charge on any atom is 0.139 e. The molecule has 1 spiro atoms. The van der Waals surface area contributed by atoms with Crippen molar-refractivity contribution in [2.75, 3.05) is 0 Å². The molecule has 1 aromatic rings. The highest BCUT2D eigenvalue weighted by Crippen LogP contribution is 2.81. The van der Waals surface area contributed by atoms with Gasteiger partial charge in [0, 0.05) is 0 Å². The maximum atomic E-state index is 2.61. The second-order valence-electron chi connectivity index (χ2n) is 6.47. The van der Waals surface area contributed by atoms with Crippen LogP contribution in [0.2, 0.25) is 0 Å². The van der Waals surface area contributed by atoms with Gasteiger partial charge < -0.3 is 0 Å². The largest absolute Gasteiger partial charge is 0.139 e. The molecule has 3 unspecified atom stereocenters. The van der Waals surface area contributed by atoms with Crippen LogP contribution in [0.3, 0.4) is 0 Å². The van der Waals surface area contributed by atoms with Gasteiger partial charge in [-0.15, -0.1) is 0 Å². The Hall–Kier alpha value is -0.975. The summed E-state index contributed by atoms with van der Waals surface area (Å²) in [5, 5.41) is 0. The molecule has 3 aliphatic carbocycles. The Balaban J connectivity index is 1.46. The van der Waals surface area contributed by atoms with Gasteiger partial charge in [-0.2, -0.15) is 0 Å². The third-order valence-corrected chi connectivity index (χ3v) is 5.34. The summed E-state index contributed by atoms with van der Waals surface area (Å²) in [5.41, 5.74) is 7.05. The first-order valence-corrected chi connectivity index (χ1v) is 6.96. The molecule has 2 fully saturated rings. The molecular formula is C16H19B. The first-order chi connectivity index (χ1) is 8.19. The van der Waals surface area contributed by atoms with Gasteiger partial charge in [0.2, 0.25) is 0 Å². The zero-order chi connectivity index (χ0) is 11.6. The van der Waals surface area contributed by atoms with Crippen LogP contribution in [0.25, 0.3) is 0 Å². The summed E-state index contributed by atoms with van der Waals surface area (Å²) in [7, 11) is 2.20. The van der Waals surface area contributed by atoms with Gasteiger partial charge in [0.25, 0.3) is 0 Å². The van der Waals surface area contributed by atoms with E-state index in [-0.39, 0.29) is 0 Å². The molecule has 3 atom stereocenters. The van der Waals surface area contributed by atoms with Crippen molar-refractivity contribution in [3.8, 4) is 0 Å². The van der Waals surface area contributed by atoms with Crippen molar-refractivity contribution >= 4 is 13.3 Å². The van der Waals surface area contributed by atoms with E-state index in [4.69, 9.17) is 0 Å². The Morgan fingerprint density at radius 2 is 2.29 bits per heavy atom. The molecule has 4 rings (SSSR count). The smallest absolute Gasteiger partial charge is 0.0887 e. The molecule has 0 N–H and O–H groups in total. The van der Waals surface area contributed by atoms with Gasteiger partial charge in [0.1, 0.15) is 7.85 Å². The van der Waals surface area contributed by atoms with E-state index >= 15 is 0 Å². The summed E-state index contributed by atoms with van der Waals surface area (Å²) in [5.74, 6) is 1.97. The van der Waals surface area contributed by atoms with Crippen LogP contribution < -0.4 is 5.46 Å². The number of rotatable bonds is 3. The highest BCUT2D eigenvalue weighted by Gasteiger charge is 2.71. The van der Waals surface area contributed by atoms with Crippen LogP contribution in [0.4, 0.5) is 0 Å². The molecule has 86 valence electrons. The zero-order valence-corrected chi connectivity index (χ0v) is 10.8. The predicted octanol–water partition coefficient (Wildman–Crippen LogP) is 2.15. The summed E-state index contributed by atoms with van der Waals surface area (Å²) < 4.78 is 0. The van der Waals surface area contributed by atoms with Crippen LogP contribution in [-0.4, -0.2) is 7.85 Å². The van der Waals surface area contributed by atoms with Gasteiger partial charge in [-0.25, -0.2) is 0 Å². The van der Waals surface area contributed by atoms with Gasteiger partial charge in [-0.1, -0.05) is 35.3 Å². The molecule has 0 saturated heterocycles. The lowest BCUT2D eigenvalue weighted by Gasteiger charge is -2.12. The molecule has 1 aromatic carbocycles. The Labute approximate surface area is 105 Å². The van der Waals surface area contributed by atoms with Crippen molar-refractivity contribution in [3.63, 3.8) is 0 Å². The van der Waals surface area contributed by atoms with Crippen molar-refractivity contribution in [1.82, 2.24) is 0 Å². The SMILES string of the molecule is Bc1ccc(C)c(CCC2C=C3CC34CC24)c1. The molecule has 0 aliphatic heterocycles. The normalized spacial score (nSPS) is 36.2. The minimum Gasteiger partial charge on any atom is -0.0887 e. The molecule has 17 heavy (non-hydrogen) atoms. The fourth-order valence-corrected chi connectivity index (χ4v) is 4.04. The van der Waals surface area contributed by atoms with Crippen LogP contribution in [0, 0.1) is 24.2 Å². The standard InChI is InChI=1S/C16H19B/c1-10-2-5-14(17)7-11(10)3-4-12-6-13-8-16(13)9-15(12)16/h2,5-7,12,15H,3-4,8-9,17H2,1H3. The maximum absolute atomic E-state index is 2.61. The van der Waals surface area contributed by atoms with E-state index in [0.717, 1.165) is 17.3 Å². The molecule has 0 bridgehead atoms. The summed E-state index contributed by atoms with van der Waals surface area (Å²) in [4.78, 5) is 0.